The molecule has 2 aromatic heterocycles. The molecule has 1 aliphatic heterocycles. The first kappa shape index (κ1) is 25.5. The zero-order valence-electron chi connectivity index (χ0n) is 20.4. The molecule has 1 aliphatic rings. The molecular weight excluding hydrogens is 458 g/mol. The van der Waals surface area contributed by atoms with Crippen molar-refractivity contribution in [2.45, 2.75) is 43.4 Å². The second-order valence-corrected chi connectivity index (χ2v) is 10.5. The Kier molecular flexibility index (Phi) is 9.37. The molecule has 0 spiro atoms. The van der Waals surface area contributed by atoms with E-state index in [0.717, 1.165) is 74.1 Å². The smallest absolute Gasteiger partial charge is 0.303 e. The first-order chi connectivity index (χ1) is 17.1. The number of likely N-dealkylation sites (tertiary alicyclic amines) is 1. The zero-order valence-corrected chi connectivity index (χ0v) is 21.3. The highest BCUT2D eigenvalue weighted by molar-refractivity contribution is 7.99. The van der Waals surface area contributed by atoms with Crippen molar-refractivity contribution in [2.24, 2.45) is 11.8 Å². The van der Waals surface area contributed by atoms with Gasteiger partial charge in [-0.05, 0) is 92.4 Å². The number of fused-ring (bicyclic) bond motifs is 1. The van der Waals surface area contributed by atoms with Crippen LogP contribution in [0.5, 0.6) is 5.75 Å². The Morgan fingerprint density at radius 2 is 2.11 bits per heavy atom. The van der Waals surface area contributed by atoms with Crippen LogP contribution in [0.3, 0.4) is 0 Å². The van der Waals surface area contributed by atoms with Crippen molar-refractivity contribution in [1.29, 1.82) is 0 Å². The van der Waals surface area contributed by atoms with E-state index in [-0.39, 0.29) is 6.42 Å². The van der Waals surface area contributed by atoms with Crippen LogP contribution in [-0.4, -0.2) is 58.4 Å². The van der Waals surface area contributed by atoms with Gasteiger partial charge in [0.05, 0.1) is 12.6 Å². The number of carboxylic acids is 1. The molecule has 0 saturated carbocycles. The lowest BCUT2D eigenvalue weighted by Gasteiger charge is -2.39. The number of piperidine rings is 1. The Hall–Kier alpha value is -2.64. The van der Waals surface area contributed by atoms with Crippen molar-refractivity contribution >= 4 is 28.6 Å². The van der Waals surface area contributed by atoms with Crippen LogP contribution in [0.4, 0.5) is 0 Å². The Morgan fingerprint density at radius 1 is 1.20 bits per heavy atom. The van der Waals surface area contributed by atoms with Gasteiger partial charge >= 0.3 is 5.97 Å². The second-order valence-electron chi connectivity index (χ2n) is 9.32. The normalized spacial score (nSPS) is 18.5. The minimum atomic E-state index is -0.690. The van der Waals surface area contributed by atoms with Crippen LogP contribution in [0.15, 0.2) is 59.9 Å². The largest absolute Gasteiger partial charge is 0.497 e. The van der Waals surface area contributed by atoms with E-state index >= 15 is 0 Å². The lowest BCUT2D eigenvalue weighted by atomic mass is 9.79. The molecule has 4 rings (SSSR count). The molecule has 1 fully saturated rings. The van der Waals surface area contributed by atoms with E-state index in [1.165, 1.54) is 10.5 Å². The maximum atomic E-state index is 11.3. The highest BCUT2D eigenvalue weighted by Crippen LogP contribution is 2.32. The summed E-state index contributed by atoms with van der Waals surface area (Å²) in [5, 5.41) is 10.5. The topological polar surface area (TPSA) is 75.5 Å². The molecule has 0 aliphatic carbocycles. The number of carbonyl (C=O) groups is 1. The van der Waals surface area contributed by atoms with Gasteiger partial charge in [0.25, 0.3) is 0 Å². The van der Waals surface area contributed by atoms with Crippen LogP contribution >= 0.6 is 11.8 Å². The molecule has 2 atom stereocenters. The summed E-state index contributed by atoms with van der Waals surface area (Å²) >= 11 is 1.84. The lowest BCUT2D eigenvalue weighted by molar-refractivity contribution is -0.137. The van der Waals surface area contributed by atoms with Gasteiger partial charge in [0, 0.05) is 54.1 Å². The minimum Gasteiger partial charge on any atom is -0.497 e. The molecule has 0 bridgehead atoms. The van der Waals surface area contributed by atoms with Gasteiger partial charge in [0.15, 0.2) is 0 Å². The summed E-state index contributed by atoms with van der Waals surface area (Å²) < 4.78 is 5.42. The summed E-state index contributed by atoms with van der Waals surface area (Å²) in [6.07, 6.45) is 11.0. The predicted molar refractivity (Wildman–Crippen MR) is 141 cm³/mol. The third-order valence-corrected chi connectivity index (χ3v) is 8.04. The average Bonchev–Trinajstić information content (AvgIpc) is 2.88. The van der Waals surface area contributed by atoms with Crippen LogP contribution < -0.4 is 4.74 Å². The number of methoxy groups -OCH3 is 1. The fourth-order valence-corrected chi connectivity index (χ4v) is 6.08. The third kappa shape index (κ3) is 7.42. The number of hydrogen-bond acceptors (Lipinski definition) is 6. The highest BCUT2D eigenvalue weighted by atomic mass is 32.2. The van der Waals surface area contributed by atoms with Gasteiger partial charge in [-0.3, -0.25) is 14.8 Å². The fraction of sp³-hybridized carbons (Fsp3) is 0.464. The second kappa shape index (κ2) is 12.9. The van der Waals surface area contributed by atoms with Crippen molar-refractivity contribution in [2.75, 3.05) is 32.5 Å². The Balaban J connectivity index is 1.31. The van der Waals surface area contributed by atoms with Crippen molar-refractivity contribution in [3.63, 3.8) is 0 Å². The number of rotatable bonds is 12. The minimum absolute atomic E-state index is 0.258. The summed E-state index contributed by atoms with van der Waals surface area (Å²) in [5.41, 5.74) is 2.31. The molecule has 0 unspecified atom stereocenters. The molecule has 186 valence electrons. The van der Waals surface area contributed by atoms with Crippen molar-refractivity contribution in [1.82, 2.24) is 14.9 Å². The van der Waals surface area contributed by atoms with Gasteiger partial charge < -0.3 is 14.7 Å². The summed E-state index contributed by atoms with van der Waals surface area (Å²) in [6.45, 7) is 3.12. The molecule has 0 radical (unpaired) electrons. The number of thioether (sulfide) groups is 1. The van der Waals surface area contributed by atoms with E-state index in [2.05, 4.69) is 33.1 Å². The number of aromatic nitrogens is 2. The van der Waals surface area contributed by atoms with Gasteiger partial charge in [0.1, 0.15) is 5.75 Å². The van der Waals surface area contributed by atoms with Crippen LogP contribution in [0.2, 0.25) is 0 Å². The van der Waals surface area contributed by atoms with Crippen molar-refractivity contribution < 1.29 is 14.6 Å². The fourth-order valence-electron chi connectivity index (χ4n) is 5.18. The van der Waals surface area contributed by atoms with E-state index in [1.807, 2.05) is 42.4 Å². The Labute approximate surface area is 212 Å². The van der Waals surface area contributed by atoms with Gasteiger partial charge in [-0.15, -0.1) is 11.8 Å². The molecule has 1 saturated heterocycles. The average molecular weight is 494 g/mol. The summed E-state index contributed by atoms with van der Waals surface area (Å²) in [7, 11) is 1.69. The van der Waals surface area contributed by atoms with E-state index in [0.29, 0.717) is 11.8 Å². The SMILES string of the molecule is COc1ccc2nccc(CCC[C@@H]3CCN(CCSc4cccnc4)C[C@@H]3CCC(=O)O)c2c1. The molecule has 1 aromatic carbocycles. The number of carboxylic acid groups (broad SMARTS) is 1. The first-order valence-electron chi connectivity index (χ1n) is 12.5. The monoisotopic (exact) mass is 493 g/mol. The Morgan fingerprint density at radius 3 is 2.91 bits per heavy atom. The van der Waals surface area contributed by atoms with Crippen LogP contribution in [0, 0.1) is 11.8 Å². The third-order valence-electron chi connectivity index (χ3n) is 7.08. The van der Waals surface area contributed by atoms with Gasteiger partial charge in [0.2, 0.25) is 0 Å². The lowest BCUT2D eigenvalue weighted by Crippen LogP contribution is -2.41. The molecule has 0 amide bonds. The van der Waals surface area contributed by atoms with Gasteiger partial charge in [-0.1, -0.05) is 0 Å². The number of ether oxygens (including phenoxy) is 1. The van der Waals surface area contributed by atoms with Crippen LogP contribution in [0.25, 0.3) is 10.9 Å². The molecule has 3 aromatic rings. The Bertz CT molecular complexity index is 1100. The van der Waals surface area contributed by atoms with E-state index < -0.39 is 5.97 Å². The molecule has 1 N–H and O–H groups in total. The molecule has 35 heavy (non-hydrogen) atoms. The molecule has 3 heterocycles. The zero-order chi connectivity index (χ0) is 24.5. The maximum absolute atomic E-state index is 11.3. The molecule has 6 nitrogen and oxygen atoms in total. The van der Waals surface area contributed by atoms with Crippen LogP contribution in [0.1, 0.15) is 37.7 Å². The van der Waals surface area contributed by atoms with E-state index in [9.17, 15) is 9.90 Å². The number of pyridine rings is 2. The van der Waals surface area contributed by atoms with Crippen molar-refractivity contribution in [3.05, 3.63) is 60.6 Å². The molecule has 7 heteroatoms. The van der Waals surface area contributed by atoms with Gasteiger partial charge in [-0.25, -0.2) is 0 Å². The summed E-state index contributed by atoms with van der Waals surface area (Å²) in [5.74, 6) is 2.22. The van der Waals surface area contributed by atoms with Crippen molar-refractivity contribution in [3.8, 4) is 5.75 Å². The quantitative estimate of drug-likeness (QED) is 0.331. The first-order valence-corrected chi connectivity index (χ1v) is 13.5. The number of aliphatic carboxylic acids is 1. The number of nitrogens with zero attached hydrogens (tertiary/aromatic N) is 3. The highest BCUT2D eigenvalue weighted by Gasteiger charge is 2.29. The number of benzene rings is 1. The van der Waals surface area contributed by atoms with Crippen LogP contribution in [-0.2, 0) is 11.2 Å². The molecular formula is C28H35N3O3S. The van der Waals surface area contributed by atoms with Gasteiger partial charge in [-0.2, -0.15) is 0 Å². The number of aryl methyl sites for hydroxylation is 1. The van der Waals surface area contributed by atoms with E-state index in [1.54, 1.807) is 13.3 Å². The predicted octanol–water partition coefficient (Wildman–Crippen LogP) is 5.56. The summed E-state index contributed by atoms with van der Waals surface area (Å²) in [4.78, 5) is 23.7. The summed E-state index contributed by atoms with van der Waals surface area (Å²) in [6, 6.07) is 12.2. The standard InChI is InChI=1S/C28H35N3O3S/c1-34-24-8-9-27-26(18-24)22(11-14-30-27)5-2-4-21-12-15-31(20-23(21)7-10-28(32)33)16-17-35-25-6-3-13-29-19-25/h3,6,8-9,11,13-14,18-19,21,23H,2,4-5,7,10,12,15-17,20H2,1H3,(H,32,33)/t21-,23+/m1/s1. The maximum Gasteiger partial charge on any atom is 0.303 e. The van der Waals surface area contributed by atoms with E-state index in [4.69, 9.17) is 4.74 Å². The number of hydrogen-bond donors (Lipinski definition) is 1.